The summed E-state index contributed by atoms with van der Waals surface area (Å²) < 4.78 is 11.3. The normalized spacial score (nSPS) is 13.8. The van der Waals surface area contributed by atoms with Gasteiger partial charge in [0.2, 0.25) is 0 Å². The average molecular weight is 343 g/mol. The van der Waals surface area contributed by atoms with Crippen molar-refractivity contribution in [3.63, 3.8) is 0 Å². The molecule has 0 radical (unpaired) electrons. The molecule has 2 N–H and O–H groups in total. The minimum Gasteiger partial charge on any atom is -0.490 e. The molecule has 0 fully saturated rings. The minimum absolute atomic E-state index is 0.0744. The zero-order chi connectivity index (χ0) is 17.6. The minimum atomic E-state index is -0.0744. The Bertz CT molecular complexity index is 740. The average Bonchev–Trinajstić information content (AvgIpc) is 2.94. The summed E-state index contributed by atoms with van der Waals surface area (Å²) in [4.78, 5) is 19.8. The Morgan fingerprint density at radius 1 is 1.12 bits per heavy atom. The third-order valence-electron chi connectivity index (χ3n) is 4.19. The molecule has 6 heteroatoms. The Morgan fingerprint density at radius 2 is 1.92 bits per heavy atom. The maximum absolute atomic E-state index is 12.0. The second kappa shape index (κ2) is 8.05. The van der Waals surface area contributed by atoms with Crippen LogP contribution in [0.3, 0.4) is 0 Å². The van der Waals surface area contributed by atoms with Gasteiger partial charge in [-0.15, -0.1) is 0 Å². The first-order valence-corrected chi connectivity index (χ1v) is 8.95. The van der Waals surface area contributed by atoms with E-state index in [-0.39, 0.29) is 5.91 Å². The summed E-state index contributed by atoms with van der Waals surface area (Å²) in [6.07, 6.45) is 3.37. The third-order valence-corrected chi connectivity index (χ3v) is 4.19. The van der Waals surface area contributed by atoms with Crippen LogP contribution in [0, 0.1) is 0 Å². The molecular formula is C19H25N3O3. The molecule has 2 heterocycles. The Morgan fingerprint density at radius 3 is 2.72 bits per heavy atom. The molecule has 134 valence electrons. The molecule has 0 aliphatic carbocycles. The van der Waals surface area contributed by atoms with Crippen molar-refractivity contribution in [3.05, 3.63) is 41.0 Å². The van der Waals surface area contributed by atoms with Gasteiger partial charge in [-0.05, 0) is 50.8 Å². The van der Waals surface area contributed by atoms with E-state index in [9.17, 15) is 4.79 Å². The molecule has 2 aromatic rings. The number of hydrogen-bond acceptors (Lipinski definition) is 4. The summed E-state index contributed by atoms with van der Waals surface area (Å²) in [5.41, 5.74) is 2.66. The van der Waals surface area contributed by atoms with Crippen LogP contribution in [0.4, 0.5) is 0 Å². The molecule has 1 aromatic carbocycles. The van der Waals surface area contributed by atoms with Gasteiger partial charge in [-0.2, -0.15) is 0 Å². The van der Waals surface area contributed by atoms with Crippen LogP contribution in [0.25, 0.3) is 0 Å². The summed E-state index contributed by atoms with van der Waals surface area (Å²) in [7, 11) is 0. The van der Waals surface area contributed by atoms with E-state index in [1.807, 2.05) is 32.0 Å². The molecule has 1 aliphatic rings. The molecule has 1 amide bonds. The Balaban J connectivity index is 1.70. The highest BCUT2D eigenvalue weighted by Crippen LogP contribution is 2.29. The molecule has 0 bridgehead atoms. The number of aryl methyl sites for hydroxylation is 3. The van der Waals surface area contributed by atoms with Crippen LogP contribution < -0.4 is 14.8 Å². The van der Waals surface area contributed by atoms with Gasteiger partial charge in [0.1, 0.15) is 11.5 Å². The lowest BCUT2D eigenvalue weighted by molar-refractivity contribution is 0.0951. The molecule has 1 aromatic heterocycles. The Labute approximate surface area is 147 Å². The van der Waals surface area contributed by atoms with Crippen molar-refractivity contribution in [1.29, 1.82) is 0 Å². The highest BCUT2D eigenvalue weighted by atomic mass is 16.5. The maximum Gasteiger partial charge on any atom is 0.271 e. The fraction of sp³-hybridized carbons (Fsp3) is 0.474. The quantitative estimate of drug-likeness (QED) is 0.810. The molecule has 0 unspecified atom stereocenters. The van der Waals surface area contributed by atoms with E-state index < -0.39 is 0 Å². The van der Waals surface area contributed by atoms with E-state index in [2.05, 4.69) is 15.3 Å². The maximum atomic E-state index is 12.0. The van der Waals surface area contributed by atoms with Crippen molar-refractivity contribution in [2.45, 2.75) is 39.5 Å². The summed E-state index contributed by atoms with van der Waals surface area (Å²) in [5, 5.41) is 2.88. The van der Waals surface area contributed by atoms with Gasteiger partial charge in [-0.1, -0.05) is 6.07 Å². The van der Waals surface area contributed by atoms with Gasteiger partial charge in [0.25, 0.3) is 5.91 Å². The monoisotopic (exact) mass is 343 g/mol. The SMILES string of the molecule is CCOc1ccc(CCc2nc3c([nH]2)CCCNC3=O)cc1OCC. The Kier molecular flexibility index (Phi) is 5.58. The number of carbonyl (C=O) groups is 1. The van der Waals surface area contributed by atoms with Crippen molar-refractivity contribution >= 4 is 5.91 Å². The molecule has 3 rings (SSSR count). The molecule has 6 nitrogen and oxygen atoms in total. The van der Waals surface area contributed by atoms with E-state index in [1.54, 1.807) is 0 Å². The van der Waals surface area contributed by atoms with E-state index >= 15 is 0 Å². The number of rotatable bonds is 7. The van der Waals surface area contributed by atoms with Gasteiger partial charge in [0.05, 0.1) is 13.2 Å². The van der Waals surface area contributed by atoms with Crippen molar-refractivity contribution < 1.29 is 14.3 Å². The summed E-state index contributed by atoms with van der Waals surface area (Å²) in [6, 6.07) is 6.03. The van der Waals surface area contributed by atoms with Crippen molar-refractivity contribution in [2.24, 2.45) is 0 Å². The summed E-state index contributed by atoms with van der Waals surface area (Å²) in [6.45, 7) is 5.85. The number of carbonyl (C=O) groups excluding carboxylic acids is 1. The number of aromatic amines is 1. The molecule has 0 spiro atoms. The summed E-state index contributed by atoms with van der Waals surface area (Å²) >= 11 is 0. The number of nitrogens with one attached hydrogen (secondary N) is 2. The first-order chi connectivity index (χ1) is 12.2. The number of imidazole rings is 1. The van der Waals surface area contributed by atoms with E-state index in [1.165, 1.54) is 0 Å². The number of aromatic nitrogens is 2. The number of benzene rings is 1. The topological polar surface area (TPSA) is 76.2 Å². The predicted molar refractivity (Wildman–Crippen MR) is 95.4 cm³/mol. The van der Waals surface area contributed by atoms with Crippen LogP contribution in [0.15, 0.2) is 18.2 Å². The van der Waals surface area contributed by atoms with Crippen LogP contribution in [0.5, 0.6) is 11.5 Å². The summed E-state index contributed by atoms with van der Waals surface area (Å²) in [5.74, 6) is 2.33. The molecule has 0 saturated heterocycles. The van der Waals surface area contributed by atoms with Gasteiger partial charge >= 0.3 is 0 Å². The lowest BCUT2D eigenvalue weighted by Gasteiger charge is -2.12. The van der Waals surface area contributed by atoms with Crippen LogP contribution in [0.2, 0.25) is 0 Å². The lowest BCUT2D eigenvalue weighted by atomic mass is 10.1. The number of H-pyrrole nitrogens is 1. The van der Waals surface area contributed by atoms with Crippen molar-refractivity contribution in [3.8, 4) is 11.5 Å². The molecule has 25 heavy (non-hydrogen) atoms. The van der Waals surface area contributed by atoms with Crippen molar-refractivity contribution in [1.82, 2.24) is 15.3 Å². The lowest BCUT2D eigenvalue weighted by Crippen LogP contribution is -2.23. The van der Waals surface area contributed by atoms with E-state index in [4.69, 9.17) is 9.47 Å². The van der Waals surface area contributed by atoms with Crippen LogP contribution in [-0.4, -0.2) is 35.6 Å². The van der Waals surface area contributed by atoms with Crippen LogP contribution >= 0.6 is 0 Å². The molecule has 1 aliphatic heterocycles. The second-order valence-corrected chi connectivity index (χ2v) is 6.02. The molecule has 0 atom stereocenters. The van der Waals surface area contributed by atoms with Gasteiger partial charge in [0, 0.05) is 18.7 Å². The third kappa shape index (κ3) is 4.13. The van der Waals surface area contributed by atoms with E-state index in [0.29, 0.717) is 25.5 Å². The zero-order valence-electron chi connectivity index (χ0n) is 14.9. The van der Waals surface area contributed by atoms with E-state index in [0.717, 1.165) is 54.3 Å². The van der Waals surface area contributed by atoms with Gasteiger partial charge in [-0.3, -0.25) is 4.79 Å². The molecule has 0 saturated carbocycles. The number of amides is 1. The van der Waals surface area contributed by atoms with Gasteiger partial charge < -0.3 is 19.8 Å². The fourth-order valence-electron chi connectivity index (χ4n) is 3.02. The highest BCUT2D eigenvalue weighted by molar-refractivity contribution is 5.93. The van der Waals surface area contributed by atoms with Crippen LogP contribution in [0.1, 0.15) is 47.8 Å². The first kappa shape index (κ1) is 17.3. The fourth-order valence-corrected chi connectivity index (χ4v) is 3.02. The van der Waals surface area contributed by atoms with Gasteiger partial charge in [-0.25, -0.2) is 4.98 Å². The van der Waals surface area contributed by atoms with Crippen LogP contribution in [-0.2, 0) is 19.3 Å². The second-order valence-electron chi connectivity index (χ2n) is 6.02. The smallest absolute Gasteiger partial charge is 0.271 e. The number of fused-ring (bicyclic) bond motifs is 1. The largest absolute Gasteiger partial charge is 0.490 e. The predicted octanol–water partition coefficient (Wildman–Crippen LogP) is 2.67. The number of nitrogens with zero attached hydrogens (tertiary/aromatic N) is 1. The first-order valence-electron chi connectivity index (χ1n) is 8.95. The standard InChI is InChI=1S/C19H25N3O3/c1-3-24-15-9-7-13(12-16(15)25-4-2)8-10-17-21-14-6-5-11-20-19(23)18(14)22-17/h7,9,12H,3-6,8,10-11H2,1-2H3,(H,20,23)(H,21,22). The highest BCUT2D eigenvalue weighted by Gasteiger charge is 2.19. The number of ether oxygens (including phenoxy) is 2. The van der Waals surface area contributed by atoms with Gasteiger partial charge in [0.15, 0.2) is 11.5 Å². The Hall–Kier alpha value is -2.50. The zero-order valence-corrected chi connectivity index (χ0v) is 14.9. The van der Waals surface area contributed by atoms with Crippen molar-refractivity contribution in [2.75, 3.05) is 19.8 Å². The molecular weight excluding hydrogens is 318 g/mol. The number of hydrogen-bond donors (Lipinski definition) is 2.